The number of ether oxygens (including phenoxy) is 3. The first-order valence-corrected chi connectivity index (χ1v) is 9.21. The van der Waals surface area contributed by atoms with Gasteiger partial charge in [-0.3, -0.25) is 14.9 Å². The third-order valence-corrected chi connectivity index (χ3v) is 4.12. The number of hydrogen-bond acceptors (Lipinski definition) is 7. The molecule has 30 heavy (non-hydrogen) atoms. The number of benzene rings is 2. The molecule has 0 saturated carbocycles. The summed E-state index contributed by atoms with van der Waals surface area (Å²) in [4.78, 5) is 34.8. The average Bonchev–Trinajstić information content (AvgIpc) is 2.95. The smallest absolute Gasteiger partial charge is 0.344 e. The zero-order valence-electron chi connectivity index (χ0n) is 17.1. The zero-order chi connectivity index (χ0) is 22.1. The standard InChI is InChI=1S/C22H21NO7/c1-13-9-16(28-12-19(24)30-22(2,3)4)11-17-20(13)21(25)18(29-17)10-14-5-7-15(8-6-14)23(26)27/h5-11H,12H2,1-4H3/b18-10-. The van der Waals surface area contributed by atoms with Gasteiger partial charge in [-0.05, 0) is 63.1 Å². The number of ketones is 1. The van der Waals surface area contributed by atoms with Crippen LogP contribution in [0.3, 0.4) is 0 Å². The van der Waals surface area contributed by atoms with E-state index in [0.29, 0.717) is 28.2 Å². The third kappa shape index (κ3) is 4.83. The van der Waals surface area contributed by atoms with Crippen molar-refractivity contribution >= 4 is 23.5 Å². The highest BCUT2D eigenvalue weighted by Gasteiger charge is 2.30. The largest absolute Gasteiger partial charge is 0.482 e. The number of nitro groups is 1. The van der Waals surface area contributed by atoms with Crippen LogP contribution >= 0.6 is 0 Å². The Kier molecular flexibility index (Phi) is 5.60. The first-order chi connectivity index (χ1) is 14.0. The van der Waals surface area contributed by atoms with Crippen LogP contribution in [0.15, 0.2) is 42.2 Å². The summed E-state index contributed by atoms with van der Waals surface area (Å²) in [6, 6.07) is 8.97. The Balaban J connectivity index is 1.76. The second kappa shape index (κ2) is 7.98. The number of allylic oxidation sites excluding steroid dienone is 1. The monoisotopic (exact) mass is 411 g/mol. The number of esters is 1. The SMILES string of the molecule is Cc1cc(OCC(=O)OC(C)(C)C)cc2c1C(=O)/C(=C/c1ccc([N+](=O)[O-])cc1)O2. The molecule has 0 spiro atoms. The molecule has 0 radical (unpaired) electrons. The highest BCUT2D eigenvalue weighted by Crippen LogP contribution is 2.37. The van der Waals surface area contributed by atoms with E-state index >= 15 is 0 Å². The highest BCUT2D eigenvalue weighted by atomic mass is 16.6. The normalized spacial score (nSPS) is 14.3. The van der Waals surface area contributed by atoms with Gasteiger partial charge < -0.3 is 14.2 Å². The third-order valence-electron chi connectivity index (χ3n) is 4.12. The number of rotatable bonds is 5. The molecule has 1 aliphatic rings. The summed E-state index contributed by atoms with van der Waals surface area (Å²) in [7, 11) is 0. The number of Topliss-reactive ketones (excluding diaryl/α,β-unsaturated/α-hetero) is 1. The minimum Gasteiger partial charge on any atom is -0.482 e. The van der Waals surface area contributed by atoms with Gasteiger partial charge in [-0.1, -0.05) is 0 Å². The van der Waals surface area contributed by atoms with E-state index in [1.165, 1.54) is 30.3 Å². The molecule has 0 amide bonds. The van der Waals surface area contributed by atoms with Gasteiger partial charge in [-0.25, -0.2) is 4.79 Å². The van der Waals surface area contributed by atoms with Gasteiger partial charge in [0.05, 0.1) is 10.5 Å². The molecule has 156 valence electrons. The Hall–Kier alpha value is -3.68. The van der Waals surface area contributed by atoms with Gasteiger partial charge in [0.1, 0.15) is 17.1 Å². The number of nitro benzene ring substituents is 1. The Labute approximate surface area is 173 Å². The molecule has 0 aromatic heterocycles. The van der Waals surface area contributed by atoms with Crippen molar-refractivity contribution in [3.8, 4) is 11.5 Å². The van der Waals surface area contributed by atoms with Crippen LogP contribution in [0.5, 0.6) is 11.5 Å². The summed E-state index contributed by atoms with van der Waals surface area (Å²) in [6.45, 7) is 6.78. The van der Waals surface area contributed by atoms with Crippen LogP contribution in [0.25, 0.3) is 6.08 Å². The molecule has 8 nitrogen and oxygen atoms in total. The highest BCUT2D eigenvalue weighted by molar-refractivity contribution is 6.15. The number of non-ortho nitro benzene ring substituents is 1. The van der Waals surface area contributed by atoms with Crippen LogP contribution in [0.2, 0.25) is 0 Å². The van der Waals surface area contributed by atoms with E-state index in [9.17, 15) is 19.7 Å². The average molecular weight is 411 g/mol. The van der Waals surface area contributed by atoms with Gasteiger partial charge in [0.2, 0.25) is 5.78 Å². The van der Waals surface area contributed by atoms with Crippen LogP contribution in [0.1, 0.15) is 42.3 Å². The molecule has 0 N–H and O–H groups in total. The molecule has 2 aromatic rings. The number of carbonyl (C=O) groups excluding carboxylic acids is 2. The van der Waals surface area contributed by atoms with Gasteiger partial charge in [-0.2, -0.15) is 0 Å². The minimum absolute atomic E-state index is 0.0401. The maximum Gasteiger partial charge on any atom is 0.344 e. The van der Waals surface area contributed by atoms with Gasteiger partial charge in [0.15, 0.2) is 12.4 Å². The van der Waals surface area contributed by atoms with E-state index in [1.807, 2.05) is 0 Å². The number of hydrogen-bond donors (Lipinski definition) is 0. The van der Waals surface area contributed by atoms with E-state index in [-0.39, 0.29) is 23.8 Å². The maximum atomic E-state index is 12.7. The van der Waals surface area contributed by atoms with Crippen molar-refractivity contribution in [3.05, 3.63) is 69.0 Å². The second-order valence-corrected chi connectivity index (χ2v) is 7.78. The van der Waals surface area contributed by atoms with Gasteiger partial charge >= 0.3 is 5.97 Å². The minimum atomic E-state index is -0.610. The van der Waals surface area contributed by atoms with Crippen molar-refractivity contribution in [2.75, 3.05) is 6.61 Å². The van der Waals surface area contributed by atoms with Gasteiger partial charge in [0.25, 0.3) is 5.69 Å². The summed E-state index contributed by atoms with van der Waals surface area (Å²) < 4.78 is 16.4. The lowest BCUT2D eigenvalue weighted by Gasteiger charge is -2.19. The predicted octanol–water partition coefficient (Wildman–Crippen LogP) is 4.24. The summed E-state index contributed by atoms with van der Waals surface area (Å²) in [5.41, 5.74) is 0.996. The van der Waals surface area contributed by atoms with Crippen molar-refractivity contribution < 1.29 is 28.7 Å². The fourth-order valence-corrected chi connectivity index (χ4v) is 2.92. The predicted molar refractivity (Wildman–Crippen MR) is 109 cm³/mol. The number of fused-ring (bicyclic) bond motifs is 1. The van der Waals surface area contributed by atoms with Crippen molar-refractivity contribution in [2.45, 2.75) is 33.3 Å². The van der Waals surface area contributed by atoms with Crippen LogP contribution in [0.4, 0.5) is 5.69 Å². The molecule has 8 heteroatoms. The quantitative estimate of drug-likeness (QED) is 0.314. The van der Waals surface area contributed by atoms with Crippen molar-refractivity contribution in [1.29, 1.82) is 0 Å². The van der Waals surface area contributed by atoms with E-state index in [0.717, 1.165) is 0 Å². The Morgan fingerprint density at radius 1 is 1.20 bits per heavy atom. The molecule has 0 fully saturated rings. The topological polar surface area (TPSA) is 105 Å². The molecule has 0 aliphatic carbocycles. The molecular weight excluding hydrogens is 390 g/mol. The molecule has 0 unspecified atom stereocenters. The molecule has 0 bridgehead atoms. The summed E-state index contributed by atoms with van der Waals surface area (Å²) >= 11 is 0. The second-order valence-electron chi connectivity index (χ2n) is 7.78. The van der Waals surface area contributed by atoms with Gasteiger partial charge in [-0.15, -0.1) is 0 Å². The van der Waals surface area contributed by atoms with Crippen molar-refractivity contribution in [1.82, 2.24) is 0 Å². The van der Waals surface area contributed by atoms with E-state index in [2.05, 4.69) is 0 Å². The van der Waals surface area contributed by atoms with Crippen molar-refractivity contribution in [2.24, 2.45) is 0 Å². The Bertz CT molecular complexity index is 1050. The Morgan fingerprint density at radius 3 is 2.47 bits per heavy atom. The van der Waals surface area contributed by atoms with Crippen LogP contribution < -0.4 is 9.47 Å². The molecular formula is C22H21NO7. The van der Waals surface area contributed by atoms with E-state index < -0.39 is 16.5 Å². The van der Waals surface area contributed by atoms with E-state index in [4.69, 9.17) is 14.2 Å². The first kappa shape index (κ1) is 21.0. The summed E-state index contributed by atoms with van der Waals surface area (Å²) in [5.74, 6) is 0.0102. The van der Waals surface area contributed by atoms with Gasteiger partial charge in [0, 0.05) is 18.2 Å². The Morgan fingerprint density at radius 2 is 1.87 bits per heavy atom. The molecule has 2 aromatic carbocycles. The first-order valence-electron chi connectivity index (χ1n) is 9.21. The lowest BCUT2D eigenvalue weighted by atomic mass is 10.0. The lowest BCUT2D eigenvalue weighted by Crippen LogP contribution is -2.27. The lowest BCUT2D eigenvalue weighted by molar-refractivity contribution is -0.384. The van der Waals surface area contributed by atoms with E-state index in [1.54, 1.807) is 39.8 Å². The fourth-order valence-electron chi connectivity index (χ4n) is 2.92. The molecule has 0 atom stereocenters. The number of carbonyl (C=O) groups is 2. The number of nitrogens with zero attached hydrogens (tertiary/aromatic N) is 1. The van der Waals surface area contributed by atoms with Crippen LogP contribution in [-0.4, -0.2) is 28.9 Å². The van der Waals surface area contributed by atoms with Crippen LogP contribution in [0, 0.1) is 17.0 Å². The maximum absolute atomic E-state index is 12.7. The fraction of sp³-hybridized carbons (Fsp3) is 0.273. The number of aryl methyl sites for hydroxylation is 1. The summed E-state index contributed by atoms with van der Waals surface area (Å²) in [5, 5.41) is 10.8. The molecule has 3 rings (SSSR count). The molecule has 1 heterocycles. The molecule has 1 aliphatic heterocycles. The summed E-state index contributed by atoms with van der Waals surface area (Å²) in [6.07, 6.45) is 1.52. The van der Waals surface area contributed by atoms with Crippen LogP contribution in [-0.2, 0) is 9.53 Å². The van der Waals surface area contributed by atoms with Crippen molar-refractivity contribution in [3.63, 3.8) is 0 Å². The molecule has 0 saturated heterocycles. The zero-order valence-corrected chi connectivity index (χ0v) is 17.1.